The molecule has 18 heavy (non-hydrogen) atoms. The van der Waals surface area contributed by atoms with Gasteiger partial charge in [-0.3, -0.25) is 4.90 Å². The van der Waals surface area contributed by atoms with Crippen LogP contribution in [0.15, 0.2) is 0 Å². The largest absolute Gasteiger partial charge is 0.377 e. The van der Waals surface area contributed by atoms with E-state index in [0.29, 0.717) is 0 Å². The van der Waals surface area contributed by atoms with Crippen LogP contribution in [0, 0.1) is 0 Å². The Kier molecular flexibility index (Phi) is 7.15. The summed E-state index contributed by atoms with van der Waals surface area (Å²) >= 11 is 0. The normalized spacial score (nSPS) is 25.8. The van der Waals surface area contributed by atoms with E-state index in [2.05, 4.69) is 36.1 Å². The second-order valence-corrected chi connectivity index (χ2v) is 5.94. The van der Waals surface area contributed by atoms with E-state index in [4.69, 9.17) is 4.74 Å². The Morgan fingerprint density at radius 3 is 2.78 bits per heavy atom. The van der Waals surface area contributed by atoms with Crippen molar-refractivity contribution in [1.29, 1.82) is 0 Å². The molecule has 1 aliphatic heterocycles. The highest BCUT2D eigenvalue weighted by Gasteiger charge is 2.30. The summed E-state index contributed by atoms with van der Waals surface area (Å²) in [6.45, 7) is 9.03. The maximum absolute atomic E-state index is 5.61. The van der Waals surface area contributed by atoms with Crippen LogP contribution in [0.2, 0.25) is 0 Å². The number of piperidine rings is 1. The number of hydrogen-bond acceptors (Lipinski definition) is 4. The predicted molar refractivity (Wildman–Crippen MR) is 77.1 cm³/mol. The number of likely N-dealkylation sites (tertiary alicyclic amines) is 1. The molecular weight excluding hydrogens is 226 g/mol. The van der Waals surface area contributed by atoms with Gasteiger partial charge in [-0.25, -0.2) is 0 Å². The maximum atomic E-state index is 5.61. The molecule has 1 unspecified atom stereocenters. The Morgan fingerprint density at radius 2 is 2.11 bits per heavy atom. The van der Waals surface area contributed by atoms with Gasteiger partial charge in [0.05, 0.1) is 5.60 Å². The molecule has 1 rings (SSSR count). The Labute approximate surface area is 113 Å². The molecule has 1 atom stereocenters. The zero-order chi connectivity index (χ0) is 13.4. The van der Waals surface area contributed by atoms with E-state index in [1.54, 1.807) is 0 Å². The van der Waals surface area contributed by atoms with Crippen LogP contribution in [0.4, 0.5) is 0 Å². The summed E-state index contributed by atoms with van der Waals surface area (Å²) in [7, 11) is 6.08. The summed E-state index contributed by atoms with van der Waals surface area (Å²) in [5.41, 5.74) is 0.0726. The first-order chi connectivity index (χ1) is 8.56. The molecule has 1 heterocycles. The van der Waals surface area contributed by atoms with Gasteiger partial charge in [0.25, 0.3) is 0 Å². The minimum atomic E-state index is 0.0726. The Hall–Kier alpha value is -0.160. The quantitative estimate of drug-likeness (QED) is 0.657. The van der Waals surface area contributed by atoms with Crippen molar-refractivity contribution in [1.82, 2.24) is 15.1 Å². The lowest BCUT2D eigenvalue weighted by Gasteiger charge is -2.39. The third-order valence-corrected chi connectivity index (χ3v) is 3.79. The van der Waals surface area contributed by atoms with Gasteiger partial charge < -0.3 is 15.0 Å². The van der Waals surface area contributed by atoms with E-state index in [9.17, 15) is 0 Å². The van der Waals surface area contributed by atoms with Crippen molar-refractivity contribution in [2.45, 2.75) is 31.8 Å². The molecule has 0 saturated carbocycles. The number of hydrogen-bond donors (Lipinski definition) is 1. The second-order valence-electron chi connectivity index (χ2n) is 5.94. The standard InChI is InChI=1S/C14H31N3O/c1-14(18-4)7-5-11-17(13-14)12-9-15-8-6-10-16(2)3/h15H,5-13H2,1-4H3. The third kappa shape index (κ3) is 6.14. The first-order valence-corrected chi connectivity index (χ1v) is 7.19. The van der Waals surface area contributed by atoms with E-state index in [1.807, 2.05) is 7.11 Å². The lowest BCUT2D eigenvalue weighted by atomic mass is 9.95. The highest BCUT2D eigenvalue weighted by atomic mass is 16.5. The molecular formula is C14H31N3O. The van der Waals surface area contributed by atoms with Crippen LogP contribution in [0.3, 0.4) is 0 Å². The average molecular weight is 257 g/mol. The van der Waals surface area contributed by atoms with Gasteiger partial charge in [0.1, 0.15) is 0 Å². The third-order valence-electron chi connectivity index (χ3n) is 3.79. The molecule has 4 nitrogen and oxygen atoms in total. The molecule has 1 fully saturated rings. The number of nitrogens with one attached hydrogen (secondary N) is 1. The summed E-state index contributed by atoms with van der Waals surface area (Å²) in [6, 6.07) is 0. The Balaban J connectivity index is 2.05. The molecule has 1 saturated heterocycles. The molecule has 0 aromatic heterocycles. The van der Waals surface area contributed by atoms with E-state index in [0.717, 1.165) is 26.2 Å². The predicted octanol–water partition coefficient (Wildman–Crippen LogP) is 1.03. The van der Waals surface area contributed by atoms with Crippen LogP contribution in [-0.4, -0.2) is 75.9 Å². The molecule has 0 aliphatic carbocycles. The van der Waals surface area contributed by atoms with E-state index in [-0.39, 0.29) is 5.60 Å². The first kappa shape index (κ1) is 15.9. The lowest BCUT2D eigenvalue weighted by molar-refractivity contribution is -0.0502. The maximum Gasteiger partial charge on any atom is 0.0777 e. The van der Waals surface area contributed by atoms with Gasteiger partial charge in [-0.15, -0.1) is 0 Å². The summed E-state index contributed by atoms with van der Waals surface area (Å²) in [4.78, 5) is 4.75. The highest BCUT2D eigenvalue weighted by molar-refractivity contribution is 4.84. The number of methoxy groups -OCH3 is 1. The summed E-state index contributed by atoms with van der Waals surface area (Å²) in [6.07, 6.45) is 3.67. The van der Waals surface area contributed by atoms with Crippen LogP contribution < -0.4 is 5.32 Å². The van der Waals surface area contributed by atoms with Gasteiger partial charge >= 0.3 is 0 Å². The van der Waals surface area contributed by atoms with Crippen molar-refractivity contribution >= 4 is 0 Å². The molecule has 0 aromatic carbocycles. The molecule has 0 radical (unpaired) electrons. The van der Waals surface area contributed by atoms with Crippen molar-refractivity contribution < 1.29 is 4.74 Å². The topological polar surface area (TPSA) is 27.7 Å². The van der Waals surface area contributed by atoms with Crippen LogP contribution in [-0.2, 0) is 4.74 Å². The van der Waals surface area contributed by atoms with Crippen LogP contribution >= 0.6 is 0 Å². The molecule has 4 heteroatoms. The SMILES string of the molecule is COC1(C)CCCN(CCNCCCN(C)C)C1. The van der Waals surface area contributed by atoms with Crippen LogP contribution in [0.1, 0.15) is 26.2 Å². The van der Waals surface area contributed by atoms with E-state index in [1.165, 1.54) is 32.4 Å². The molecule has 1 N–H and O–H groups in total. The molecule has 0 spiro atoms. The molecule has 1 aliphatic rings. The molecule has 0 amide bonds. The van der Waals surface area contributed by atoms with Gasteiger partial charge in [0.2, 0.25) is 0 Å². The minimum Gasteiger partial charge on any atom is -0.377 e. The van der Waals surface area contributed by atoms with Crippen LogP contribution in [0.5, 0.6) is 0 Å². The van der Waals surface area contributed by atoms with Crippen molar-refractivity contribution in [3.8, 4) is 0 Å². The van der Waals surface area contributed by atoms with Crippen molar-refractivity contribution in [2.24, 2.45) is 0 Å². The molecule has 0 aromatic rings. The molecule has 0 bridgehead atoms. The summed E-state index contributed by atoms with van der Waals surface area (Å²) in [5, 5.41) is 3.52. The average Bonchev–Trinajstić information content (AvgIpc) is 2.33. The highest BCUT2D eigenvalue weighted by Crippen LogP contribution is 2.23. The van der Waals surface area contributed by atoms with Gasteiger partial charge in [-0.05, 0) is 59.9 Å². The number of rotatable bonds is 8. The molecule has 108 valence electrons. The lowest BCUT2D eigenvalue weighted by Crippen LogP contribution is -2.49. The van der Waals surface area contributed by atoms with Crippen molar-refractivity contribution in [3.05, 3.63) is 0 Å². The van der Waals surface area contributed by atoms with Crippen molar-refractivity contribution in [3.63, 3.8) is 0 Å². The monoisotopic (exact) mass is 257 g/mol. The fourth-order valence-corrected chi connectivity index (χ4v) is 2.55. The van der Waals surface area contributed by atoms with Gasteiger partial charge in [0.15, 0.2) is 0 Å². The van der Waals surface area contributed by atoms with Gasteiger partial charge in [-0.2, -0.15) is 0 Å². The smallest absolute Gasteiger partial charge is 0.0777 e. The Bertz CT molecular complexity index is 223. The number of nitrogens with zero attached hydrogens (tertiary/aromatic N) is 2. The van der Waals surface area contributed by atoms with Gasteiger partial charge in [0, 0.05) is 26.7 Å². The Morgan fingerprint density at radius 1 is 1.33 bits per heavy atom. The van der Waals surface area contributed by atoms with Gasteiger partial charge in [-0.1, -0.05) is 0 Å². The van der Waals surface area contributed by atoms with E-state index < -0.39 is 0 Å². The van der Waals surface area contributed by atoms with Crippen molar-refractivity contribution in [2.75, 3.05) is 60.5 Å². The fraction of sp³-hybridized carbons (Fsp3) is 1.00. The summed E-state index contributed by atoms with van der Waals surface area (Å²) < 4.78 is 5.61. The second kappa shape index (κ2) is 8.10. The summed E-state index contributed by atoms with van der Waals surface area (Å²) in [5.74, 6) is 0. The zero-order valence-corrected chi connectivity index (χ0v) is 12.7. The number of ether oxygens (including phenoxy) is 1. The fourth-order valence-electron chi connectivity index (χ4n) is 2.55. The minimum absolute atomic E-state index is 0.0726. The zero-order valence-electron chi connectivity index (χ0n) is 12.7. The van der Waals surface area contributed by atoms with Crippen LogP contribution in [0.25, 0.3) is 0 Å². The first-order valence-electron chi connectivity index (χ1n) is 7.19. The van der Waals surface area contributed by atoms with E-state index >= 15 is 0 Å².